The highest BCUT2D eigenvalue weighted by atomic mass is 16.3. The summed E-state index contributed by atoms with van der Waals surface area (Å²) >= 11 is 0. The quantitative estimate of drug-likeness (QED) is 0.392. The summed E-state index contributed by atoms with van der Waals surface area (Å²) in [4.78, 5) is 6.52. The van der Waals surface area contributed by atoms with Crippen LogP contribution < -0.4 is 20.8 Å². The average Bonchev–Trinajstić information content (AvgIpc) is 3.13. The molecule has 1 aliphatic heterocycles. The Labute approximate surface area is 174 Å². The Morgan fingerprint density at radius 1 is 1.17 bits per heavy atom. The predicted octanol–water partition coefficient (Wildman–Crippen LogP) is 1.92. The van der Waals surface area contributed by atoms with Crippen molar-refractivity contribution in [2.24, 2.45) is 7.05 Å². The fourth-order valence-corrected chi connectivity index (χ4v) is 4.30. The molecule has 0 fully saturated rings. The van der Waals surface area contributed by atoms with Gasteiger partial charge in [-0.15, -0.1) is 0 Å². The van der Waals surface area contributed by atoms with Gasteiger partial charge in [0, 0.05) is 32.5 Å². The number of rotatable bonds is 2. The van der Waals surface area contributed by atoms with Crippen molar-refractivity contribution < 1.29 is 13.1 Å². The first-order valence-electron chi connectivity index (χ1n) is 11.1. The Morgan fingerprint density at radius 2 is 2.00 bits per heavy atom. The lowest BCUT2D eigenvalue weighted by Gasteiger charge is -2.24. The monoisotopic (exact) mass is 383 g/mol. The maximum absolute atomic E-state index is 8.09. The fourth-order valence-electron chi connectivity index (χ4n) is 4.30. The van der Waals surface area contributed by atoms with E-state index in [1.807, 2.05) is 67.2 Å². The van der Waals surface area contributed by atoms with E-state index in [0.29, 0.717) is 11.3 Å². The summed E-state index contributed by atoms with van der Waals surface area (Å²) in [5.41, 5.74) is 5.42. The molecular formula is C24H23BN3O+. The molecule has 1 aliphatic rings. The number of furan rings is 1. The molecule has 0 aliphatic carbocycles. The van der Waals surface area contributed by atoms with Crippen LogP contribution in [0.3, 0.4) is 0 Å². The highest BCUT2D eigenvalue weighted by Gasteiger charge is 2.36. The Hall–Kier alpha value is -3.34. The van der Waals surface area contributed by atoms with Gasteiger partial charge in [-0.1, -0.05) is 30.3 Å². The van der Waals surface area contributed by atoms with Gasteiger partial charge in [-0.3, -0.25) is 0 Å². The maximum atomic E-state index is 8.09. The number of nitrogens with zero attached hydrogens (tertiary/aromatic N) is 3. The highest BCUT2D eigenvalue weighted by Crippen LogP contribution is 2.22. The zero-order valence-corrected chi connectivity index (χ0v) is 16.7. The summed E-state index contributed by atoms with van der Waals surface area (Å²) in [5, 5.41) is 2.01. The van der Waals surface area contributed by atoms with E-state index in [9.17, 15) is 0 Å². The van der Waals surface area contributed by atoms with Crippen molar-refractivity contribution in [1.29, 1.82) is 0 Å². The molecule has 3 aromatic heterocycles. The molecule has 0 amide bonds. The molecule has 0 saturated heterocycles. The van der Waals surface area contributed by atoms with Crippen molar-refractivity contribution in [2.45, 2.75) is 13.8 Å². The number of aromatic nitrogens is 2. The highest BCUT2D eigenvalue weighted by molar-refractivity contribution is 6.85. The van der Waals surface area contributed by atoms with Gasteiger partial charge in [-0.05, 0) is 55.8 Å². The lowest BCUT2D eigenvalue weighted by Crippen LogP contribution is -2.62. The molecule has 0 atom stereocenters. The summed E-state index contributed by atoms with van der Waals surface area (Å²) in [6.45, 7) is -0.265. The fraction of sp³-hybridized carbons (Fsp3) is 0.167. The first kappa shape index (κ1) is 14.6. The number of aryl methyl sites for hydroxylation is 2. The van der Waals surface area contributed by atoms with Crippen LogP contribution in [0.25, 0.3) is 33.9 Å². The lowest BCUT2D eigenvalue weighted by atomic mass is 9.50. The molecule has 5 rings (SSSR count). The van der Waals surface area contributed by atoms with E-state index in [0.717, 1.165) is 38.2 Å². The Balaban J connectivity index is 1.76. The Morgan fingerprint density at radius 3 is 2.79 bits per heavy atom. The SMILES string of the molecule is [2H]C([2H])([2H])c1c[n+](C)c(B2C(C)=c3oc4ncccc4c3=CN2C)cc1-c1ccccc1. The van der Waals surface area contributed by atoms with Crippen LogP contribution in [0, 0.1) is 6.85 Å². The molecule has 0 spiro atoms. The lowest BCUT2D eigenvalue weighted by molar-refractivity contribution is -0.654. The molecule has 4 aromatic rings. The Kier molecular flexibility index (Phi) is 3.34. The third kappa shape index (κ3) is 2.77. The van der Waals surface area contributed by atoms with Gasteiger partial charge in [0.1, 0.15) is 12.5 Å². The number of fused-ring (bicyclic) bond motifs is 3. The molecule has 4 heterocycles. The van der Waals surface area contributed by atoms with Crippen molar-refractivity contribution in [2.75, 3.05) is 7.05 Å². The zero-order chi connectivity index (χ0) is 22.6. The number of hydrogen-bond acceptors (Lipinski definition) is 3. The van der Waals surface area contributed by atoms with Crippen molar-refractivity contribution >= 4 is 35.2 Å². The molecule has 0 unspecified atom stereocenters. The van der Waals surface area contributed by atoms with E-state index < -0.39 is 6.85 Å². The summed E-state index contributed by atoms with van der Waals surface area (Å²) in [5.74, 6) is 0. The van der Waals surface area contributed by atoms with Gasteiger partial charge in [0.25, 0.3) is 0 Å². The molecule has 0 N–H and O–H groups in total. The largest absolute Gasteiger partial charge is 0.438 e. The van der Waals surface area contributed by atoms with Gasteiger partial charge in [-0.2, -0.15) is 0 Å². The minimum absolute atomic E-state index is 0.110. The average molecular weight is 383 g/mol. The van der Waals surface area contributed by atoms with Crippen molar-refractivity contribution in [1.82, 2.24) is 9.79 Å². The summed E-state index contributed by atoms with van der Waals surface area (Å²) in [6, 6.07) is 15.6. The van der Waals surface area contributed by atoms with E-state index in [-0.39, 0.29) is 6.85 Å². The van der Waals surface area contributed by atoms with Gasteiger partial charge in [0.05, 0.1) is 0 Å². The van der Waals surface area contributed by atoms with Gasteiger partial charge in [-0.25, -0.2) is 9.55 Å². The minimum atomic E-state index is -2.22. The normalized spacial score (nSPS) is 15.6. The van der Waals surface area contributed by atoms with Crippen molar-refractivity contribution in [3.8, 4) is 11.1 Å². The van der Waals surface area contributed by atoms with Gasteiger partial charge in [0.2, 0.25) is 5.71 Å². The summed E-state index contributed by atoms with van der Waals surface area (Å²) < 4.78 is 32.3. The zero-order valence-electron chi connectivity index (χ0n) is 19.7. The number of benzene rings is 1. The molecule has 29 heavy (non-hydrogen) atoms. The predicted molar refractivity (Wildman–Crippen MR) is 118 cm³/mol. The smallest absolute Gasteiger partial charge is 0.402 e. The van der Waals surface area contributed by atoms with E-state index >= 15 is 0 Å². The third-order valence-electron chi connectivity index (χ3n) is 5.69. The van der Waals surface area contributed by atoms with Gasteiger partial charge in [0.15, 0.2) is 11.8 Å². The number of pyridine rings is 2. The molecule has 142 valence electrons. The van der Waals surface area contributed by atoms with E-state index in [1.54, 1.807) is 12.4 Å². The molecular weight excluding hydrogens is 357 g/mol. The molecule has 4 nitrogen and oxygen atoms in total. The van der Waals surface area contributed by atoms with Crippen molar-refractivity contribution in [3.05, 3.63) is 77.1 Å². The summed E-state index contributed by atoms with van der Waals surface area (Å²) in [7, 11) is 3.93. The van der Waals surface area contributed by atoms with Gasteiger partial charge < -0.3 is 9.23 Å². The Bertz CT molecular complexity index is 1460. The second kappa shape index (κ2) is 6.62. The van der Waals surface area contributed by atoms with Gasteiger partial charge >= 0.3 is 6.85 Å². The van der Waals surface area contributed by atoms with Crippen LogP contribution in [0.4, 0.5) is 0 Å². The molecule has 0 bridgehead atoms. The van der Waals surface area contributed by atoms with Crippen LogP contribution in [-0.2, 0) is 7.05 Å². The summed E-state index contributed by atoms with van der Waals surface area (Å²) in [6.07, 6.45) is 5.55. The molecule has 0 radical (unpaired) electrons. The second-order valence-electron chi connectivity index (χ2n) is 7.58. The van der Waals surface area contributed by atoms with E-state index in [2.05, 4.69) is 22.9 Å². The van der Waals surface area contributed by atoms with E-state index in [4.69, 9.17) is 8.53 Å². The standard InChI is InChI=1S/C24H23BN3O/c1-16-14-27(3)22(13-20(16)18-9-6-5-7-10-18)25-17(2)23-21(15-28(25)4)19-11-8-12-26-24(19)29-23/h5-15H,1-4H3/q+1/i1D3. The van der Waals surface area contributed by atoms with Crippen molar-refractivity contribution in [3.63, 3.8) is 0 Å². The first-order valence-corrected chi connectivity index (χ1v) is 9.63. The van der Waals surface area contributed by atoms with Crippen LogP contribution >= 0.6 is 0 Å². The van der Waals surface area contributed by atoms with Crippen LogP contribution in [0.5, 0.6) is 0 Å². The van der Waals surface area contributed by atoms with Crippen LogP contribution in [0.1, 0.15) is 16.6 Å². The minimum Gasteiger partial charge on any atom is -0.438 e. The van der Waals surface area contributed by atoms with Crippen LogP contribution in [-0.4, -0.2) is 23.7 Å². The van der Waals surface area contributed by atoms with Crippen LogP contribution in [0.2, 0.25) is 0 Å². The topological polar surface area (TPSA) is 33.1 Å². The third-order valence-corrected chi connectivity index (χ3v) is 5.69. The second-order valence-corrected chi connectivity index (χ2v) is 7.58. The first-order chi connectivity index (χ1) is 15.3. The van der Waals surface area contributed by atoms with Crippen LogP contribution in [0.15, 0.2) is 65.3 Å². The molecule has 0 saturated carbocycles. The maximum Gasteiger partial charge on any atom is 0.402 e. The van der Waals surface area contributed by atoms with E-state index in [1.165, 1.54) is 0 Å². The molecule has 5 heteroatoms. The molecule has 1 aromatic carbocycles. The number of hydrogen-bond donors (Lipinski definition) is 0.